The van der Waals surface area contributed by atoms with Crippen molar-refractivity contribution >= 4 is 16.5 Å². The van der Waals surface area contributed by atoms with Gasteiger partial charge in [0.05, 0.1) is 6.61 Å². The summed E-state index contributed by atoms with van der Waals surface area (Å²) in [5.41, 5.74) is 5.19. The van der Waals surface area contributed by atoms with Crippen molar-refractivity contribution in [3.63, 3.8) is 0 Å². The van der Waals surface area contributed by atoms with Crippen molar-refractivity contribution in [3.05, 3.63) is 5.01 Å². The van der Waals surface area contributed by atoms with Crippen LogP contribution < -0.4 is 5.73 Å². The molecule has 5 heteroatoms. The van der Waals surface area contributed by atoms with E-state index in [1.165, 1.54) is 11.3 Å². The lowest BCUT2D eigenvalue weighted by Crippen LogP contribution is -1.80. The molecule has 4 nitrogen and oxygen atoms in total. The van der Waals surface area contributed by atoms with Crippen LogP contribution in [0.2, 0.25) is 0 Å². The minimum atomic E-state index is -0.0745. The Bertz CT molecular complexity index is 175. The molecule has 1 aromatic heterocycles. The Morgan fingerprint density at radius 2 is 2.38 bits per heavy atom. The SMILES string of the molecule is Nc1nnc(CO)s1. The van der Waals surface area contributed by atoms with Gasteiger partial charge in [0.15, 0.2) is 0 Å². The van der Waals surface area contributed by atoms with E-state index in [0.29, 0.717) is 10.1 Å². The van der Waals surface area contributed by atoms with Gasteiger partial charge >= 0.3 is 0 Å². The summed E-state index contributed by atoms with van der Waals surface area (Å²) in [6.07, 6.45) is 0. The molecule has 0 aliphatic carbocycles. The lowest BCUT2D eigenvalue weighted by molar-refractivity contribution is 0.280. The van der Waals surface area contributed by atoms with Crippen LogP contribution >= 0.6 is 11.3 Å². The van der Waals surface area contributed by atoms with Crippen LogP contribution in [-0.4, -0.2) is 15.3 Å². The van der Waals surface area contributed by atoms with Crippen LogP contribution in [-0.2, 0) is 6.61 Å². The molecule has 0 aliphatic heterocycles. The van der Waals surface area contributed by atoms with Gasteiger partial charge in [0.1, 0.15) is 5.01 Å². The zero-order chi connectivity index (χ0) is 5.98. The summed E-state index contributed by atoms with van der Waals surface area (Å²) >= 11 is 1.19. The molecular weight excluding hydrogens is 126 g/mol. The molecule has 0 atom stereocenters. The average Bonchev–Trinajstić information content (AvgIpc) is 2.14. The van der Waals surface area contributed by atoms with E-state index in [-0.39, 0.29) is 6.61 Å². The third-order valence-corrected chi connectivity index (χ3v) is 1.35. The molecule has 1 aromatic rings. The Morgan fingerprint density at radius 3 is 2.62 bits per heavy atom. The predicted molar refractivity (Wildman–Crippen MR) is 30.2 cm³/mol. The maximum absolute atomic E-state index is 8.40. The van der Waals surface area contributed by atoms with Crippen LogP contribution in [0.1, 0.15) is 5.01 Å². The quantitative estimate of drug-likeness (QED) is 0.544. The van der Waals surface area contributed by atoms with Gasteiger partial charge in [0.25, 0.3) is 0 Å². The monoisotopic (exact) mass is 131 g/mol. The Balaban J connectivity index is 2.84. The van der Waals surface area contributed by atoms with Crippen LogP contribution in [0.4, 0.5) is 5.13 Å². The minimum Gasteiger partial charge on any atom is -0.389 e. The number of aliphatic hydroxyl groups is 1. The Kier molecular flexibility index (Phi) is 1.40. The van der Waals surface area contributed by atoms with Crippen molar-refractivity contribution in [1.29, 1.82) is 0 Å². The van der Waals surface area contributed by atoms with Crippen molar-refractivity contribution in [3.8, 4) is 0 Å². The van der Waals surface area contributed by atoms with Gasteiger partial charge in [-0.05, 0) is 0 Å². The summed E-state index contributed by atoms with van der Waals surface area (Å²) in [4.78, 5) is 0. The number of anilines is 1. The number of hydrogen-bond acceptors (Lipinski definition) is 5. The molecular formula is C3H5N3OS. The molecule has 0 saturated carbocycles. The summed E-state index contributed by atoms with van der Waals surface area (Å²) in [5.74, 6) is 0. The maximum atomic E-state index is 8.40. The van der Waals surface area contributed by atoms with Crippen LogP contribution in [0.5, 0.6) is 0 Å². The lowest BCUT2D eigenvalue weighted by Gasteiger charge is -1.75. The highest BCUT2D eigenvalue weighted by Crippen LogP contribution is 2.09. The summed E-state index contributed by atoms with van der Waals surface area (Å²) in [6.45, 7) is -0.0745. The minimum absolute atomic E-state index is 0.0745. The lowest BCUT2D eigenvalue weighted by atomic mass is 10.8. The molecule has 3 N–H and O–H groups in total. The van der Waals surface area contributed by atoms with Crippen molar-refractivity contribution < 1.29 is 5.11 Å². The van der Waals surface area contributed by atoms with E-state index < -0.39 is 0 Å². The van der Waals surface area contributed by atoms with Crippen LogP contribution in [0.3, 0.4) is 0 Å². The number of aliphatic hydroxyl groups excluding tert-OH is 1. The van der Waals surface area contributed by atoms with Crippen molar-refractivity contribution in [2.75, 3.05) is 5.73 Å². The topological polar surface area (TPSA) is 72.0 Å². The molecule has 0 spiro atoms. The molecule has 0 fully saturated rings. The van der Waals surface area contributed by atoms with E-state index in [4.69, 9.17) is 10.8 Å². The molecule has 1 heterocycles. The highest BCUT2D eigenvalue weighted by Gasteiger charge is 1.95. The normalized spacial score (nSPS) is 9.62. The Morgan fingerprint density at radius 1 is 1.62 bits per heavy atom. The number of aromatic nitrogens is 2. The summed E-state index contributed by atoms with van der Waals surface area (Å²) < 4.78 is 0. The Labute approximate surface area is 50.0 Å². The number of nitrogens with zero attached hydrogens (tertiary/aromatic N) is 2. The first-order valence-corrected chi connectivity index (χ1v) is 2.83. The third-order valence-electron chi connectivity index (χ3n) is 0.618. The maximum Gasteiger partial charge on any atom is 0.203 e. The second kappa shape index (κ2) is 2.06. The second-order valence-corrected chi connectivity index (χ2v) is 2.29. The molecule has 1 rings (SSSR count). The summed E-state index contributed by atoms with van der Waals surface area (Å²) in [6, 6.07) is 0. The van der Waals surface area contributed by atoms with Gasteiger partial charge in [-0.2, -0.15) is 0 Å². The molecule has 0 bridgehead atoms. The van der Waals surface area contributed by atoms with Crippen LogP contribution in [0.15, 0.2) is 0 Å². The summed E-state index contributed by atoms with van der Waals surface area (Å²) in [7, 11) is 0. The van der Waals surface area contributed by atoms with Gasteiger partial charge in [-0.15, -0.1) is 10.2 Å². The van der Waals surface area contributed by atoms with Gasteiger partial charge in [0, 0.05) is 0 Å². The largest absolute Gasteiger partial charge is 0.389 e. The molecule has 0 aromatic carbocycles. The fourth-order valence-electron chi connectivity index (χ4n) is 0.330. The van der Waals surface area contributed by atoms with E-state index in [2.05, 4.69) is 10.2 Å². The first-order valence-electron chi connectivity index (χ1n) is 2.01. The van der Waals surface area contributed by atoms with E-state index >= 15 is 0 Å². The van der Waals surface area contributed by atoms with Crippen LogP contribution in [0.25, 0.3) is 0 Å². The van der Waals surface area contributed by atoms with E-state index in [9.17, 15) is 0 Å². The predicted octanol–water partition coefficient (Wildman–Crippen LogP) is -0.387. The smallest absolute Gasteiger partial charge is 0.203 e. The first-order chi connectivity index (χ1) is 3.83. The molecule has 0 radical (unpaired) electrons. The molecule has 0 saturated heterocycles. The van der Waals surface area contributed by atoms with E-state index in [0.717, 1.165) is 0 Å². The van der Waals surface area contributed by atoms with Gasteiger partial charge < -0.3 is 10.8 Å². The Hall–Kier alpha value is -0.680. The highest BCUT2D eigenvalue weighted by molar-refractivity contribution is 7.15. The zero-order valence-electron chi connectivity index (χ0n) is 4.03. The zero-order valence-corrected chi connectivity index (χ0v) is 4.85. The highest BCUT2D eigenvalue weighted by atomic mass is 32.1. The van der Waals surface area contributed by atoms with Gasteiger partial charge in [-0.25, -0.2) is 0 Å². The fraction of sp³-hybridized carbons (Fsp3) is 0.333. The molecule has 8 heavy (non-hydrogen) atoms. The number of hydrogen-bond donors (Lipinski definition) is 2. The fourth-order valence-corrected chi connectivity index (χ4v) is 0.800. The number of rotatable bonds is 1. The van der Waals surface area contributed by atoms with E-state index in [1.54, 1.807) is 0 Å². The van der Waals surface area contributed by atoms with Crippen molar-refractivity contribution in [2.45, 2.75) is 6.61 Å². The third kappa shape index (κ3) is 0.932. The van der Waals surface area contributed by atoms with E-state index in [1.807, 2.05) is 0 Å². The van der Waals surface area contributed by atoms with Gasteiger partial charge in [-0.1, -0.05) is 11.3 Å². The average molecular weight is 131 g/mol. The van der Waals surface area contributed by atoms with Crippen molar-refractivity contribution in [1.82, 2.24) is 10.2 Å². The molecule has 44 valence electrons. The van der Waals surface area contributed by atoms with Gasteiger partial charge in [0.2, 0.25) is 5.13 Å². The molecule has 0 aliphatic rings. The summed E-state index contributed by atoms with van der Waals surface area (Å²) in [5, 5.41) is 16.4. The van der Waals surface area contributed by atoms with Crippen LogP contribution in [0, 0.1) is 0 Å². The number of nitrogens with two attached hydrogens (primary N) is 1. The number of nitrogen functional groups attached to an aromatic ring is 1. The van der Waals surface area contributed by atoms with Crippen molar-refractivity contribution in [2.24, 2.45) is 0 Å². The first kappa shape index (κ1) is 5.46. The molecule has 0 amide bonds. The van der Waals surface area contributed by atoms with Gasteiger partial charge in [-0.3, -0.25) is 0 Å². The molecule has 0 unspecified atom stereocenters. The second-order valence-electron chi connectivity index (χ2n) is 1.19. The standard InChI is InChI=1S/C3H5N3OS/c4-3-6-5-2(1-7)8-3/h7H,1H2,(H2,4,6).